The summed E-state index contributed by atoms with van der Waals surface area (Å²) in [5.41, 5.74) is 10.1. The molecule has 6 aromatic carbocycles. The van der Waals surface area contributed by atoms with Crippen LogP contribution in [0.2, 0.25) is 0 Å². The van der Waals surface area contributed by atoms with Crippen LogP contribution in [-0.4, -0.2) is 9.97 Å². The van der Waals surface area contributed by atoms with Gasteiger partial charge < -0.3 is 9.80 Å². The van der Waals surface area contributed by atoms with Crippen molar-refractivity contribution >= 4 is 23.0 Å². The zero-order valence-corrected chi connectivity index (χ0v) is 25.5. The van der Waals surface area contributed by atoms with Crippen molar-refractivity contribution in [1.29, 1.82) is 0 Å². The summed E-state index contributed by atoms with van der Waals surface area (Å²) in [4.78, 5) is 14.2. The second-order valence-electron chi connectivity index (χ2n) is 11.2. The molecule has 0 bridgehead atoms. The van der Waals surface area contributed by atoms with Crippen LogP contribution in [0.25, 0.3) is 22.4 Å². The molecule has 7 rings (SSSR count). The average molecular weight is 595 g/mol. The van der Waals surface area contributed by atoms with E-state index in [9.17, 15) is 0 Å². The van der Waals surface area contributed by atoms with Crippen LogP contribution >= 0.6 is 0 Å². The van der Waals surface area contributed by atoms with E-state index in [0.29, 0.717) is 5.95 Å². The Morgan fingerprint density at radius 1 is 0.391 bits per heavy atom. The third-order valence-electron chi connectivity index (χ3n) is 8.03. The summed E-state index contributed by atoms with van der Waals surface area (Å²) in [6.45, 7) is 1.44. The van der Waals surface area contributed by atoms with E-state index >= 15 is 0 Å². The van der Waals surface area contributed by atoms with Gasteiger partial charge in [-0.05, 0) is 64.7 Å². The largest absolute Gasteiger partial charge is 0.332 e. The molecule has 0 aliphatic rings. The molecule has 46 heavy (non-hydrogen) atoms. The smallest absolute Gasteiger partial charge is 0.226 e. The molecule has 0 saturated heterocycles. The molecule has 0 unspecified atom stereocenters. The number of rotatable bonds is 10. The van der Waals surface area contributed by atoms with E-state index in [-0.39, 0.29) is 0 Å². The fourth-order valence-corrected chi connectivity index (χ4v) is 5.70. The Labute approximate surface area is 270 Å². The molecular formula is C42H34N4. The first-order valence-corrected chi connectivity index (χ1v) is 15.6. The van der Waals surface area contributed by atoms with Crippen LogP contribution < -0.4 is 9.80 Å². The van der Waals surface area contributed by atoms with Crippen molar-refractivity contribution in [2.45, 2.75) is 13.1 Å². The monoisotopic (exact) mass is 594 g/mol. The normalized spacial score (nSPS) is 10.8. The average Bonchev–Trinajstić information content (AvgIpc) is 3.14. The second kappa shape index (κ2) is 13.7. The summed E-state index contributed by atoms with van der Waals surface area (Å²) in [7, 11) is 0. The molecular weight excluding hydrogens is 560 g/mol. The third-order valence-corrected chi connectivity index (χ3v) is 8.03. The van der Waals surface area contributed by atoms with Gasteiger partial charge in [-0.15, -0.1) is 0 Å². The zero-order chi connectivity index (χ0) is 31.0. The maximum atomic E-state index is 5.04. The maximum absolute atomic E-state index is 5.04. The van der Waals surface area contributed by atoms with Gasteiger partial charge in [0.15, 0.2) is 0 Å². The lowest BCUT2D eigenvalue weighted by Crippen LogP contribution is -2.24. The summed E-state index contributed by atoms with van der Waals surface area (Å²) in [6.07, 6.45) is 1.86. The number of hydrogen-bond donors (Lipinski definition) is 0. The van der Waals surface area contributed by atoms with Crippen molar-refractivity contribution in [3.63, 3.8) is 0 Å². The maximum Gasteiger partial charge on any atom is 0.226 e. The first-order chi connectivity index (χ1) is 22.8. The number of benzene rings is 6. The van der Waals surface area contributed by atoms with Crippen molar-refractivity contribution in [2.24, 2.45) is 0 Å². The molecule has 0 saturated carbocycles. The van der Waals surface area contributed by atoms with Crippen LogP contribution in [0.1, 0.15) is 11.1 Å². The van der Waals surface area contributed by atoms with Gasteiger partial charge in [0.1, 0.15) is 0 Å². The van der Waals surface area contributed by atoms with Gasteiger partial charge in [-0.2, -0.15) is 0 Å². The molecule has 0 N–H and O–H groups in total. The van der Waals surface area contributed by atoms with E-state index in [0.717, 1.165) is 52.5 Å². The second-order valence-corrected chi connectivity index (χ2v) is 11.2. The number of anilines is 4. The minimum absolute atomic E-state index is 0.714. The highest BCUT2D eigenvalue weighted by molar-refractivity contribution is 5.78. The van der Waals surface area contributed by atoms with Gasteiger partial charge >= 0.3 is 0 Å². The number of hydrogen-bond acceptors (Lipinski definition) is 4. The first-order valence-electron chi connectivity index (χ1n) is 15.6. The minimum atomic E-state index is 0.714. The molecule has 0 atom stereocenters. The third kappa shape index (κ3) is 6.72. The molecule has 0 fully saturated rings. The van der Waals surface area contributed by atoms with Crippen LogP contribution in [0, 0.1) is 0 Å². The zero-order valence-electron chi connectivity index (χ0n) is 25.5. The Bertz CT molecular complexity index is 1880. The quantitative estimate of drug-likeness (QED) is 0.158. The summed E-state index contributed by atoms with van der Waals surface area (Å²) in [5, 5.41) is 0. The molecule has 4 heteroatoms. The van der Waals surface area contributed by atoms with Gasteiger partial charge in [0, 0.05) is 41.9 Å². The Morgan fingerprint density at radius 2 is 0.804 bits per heavy atom. The highest BCUT2D eigenvalue weighted by Gasteiger charge is 2.14. The van der Waals surface area contributed by atoms with Gasteiger partial charge in [-0.25, -0.2) is 9.97 Å². The molecule has 0 aliphatic carbocycles. The van der Waals surface area contributed by atoms with Crippen molar-refractivity contribution in [1.82, 2.24) is 9.97 Å². The van der Waals surface area contributed by atoms with Crippen LogP contribution in [0.4, 0.5) is 23.0 Å². The van der Waals surface area contributed by atoms with E-state index in [2.05, 4.69) is 155 Å². The number of para-hydroxylation sites is 2. The van der Waals surface area contributed by atoms with E-state index in [4.69, 9.17) is 9.97 Å². The SMILES string of the molecule is c1ccc(CN(Cc2ccccc2)c2nccc(-c3ccc(-c4ccc(N(c5ccccc5)c5ccccc5)cc4)cc3)n2)cc1. The lowest BCUT2D eigenvalue weighted by atomic mass is 10.0. The van der Waals surface area contributed by atoms with Crippen molar-refractivity contribution in [2.75, 3.05) is 9.80 Å². The molecule has 222 valence electrons. The van der Waals surface area contributed by atoms with E-state index in [1.165, 1.54) is 11.1 Å². The van der Waals surface area contributed by atoms with E-state index in [1.54, 1.807) is 0 Å². The number of aromatic nitrogens is 2. The van der Waals surface area contributed by atoms with E-state index in [1.807, 2.05) is 36.5 Å². The predicted octanol–water partition coefficient (Wildman–Crippen LogP) is 10.5. The molecule has 0 radical (unpaired) electrons. The summed E-state index contributed by atoms with van der Waals surface area (Å²) in [6, 6.07) is 61.3. The highest BCUT2D eigenvalue weighted by atomic mass is 15.2. The van der Waals surface area contributed by atoms with Crippen LogP contribution in [-0.2, 0) is 13.1 Å². The number of nitrogens with zero attached hydrogens (tertiary/aromatic N) is 4. The molecule has 1 aromatic heterocycles. The Morgan fingerprint density at radius 3 is 1.30 bits per heavy atom. The lowest BCUT2D eigenvalue weighted by molar-refractivity contribution is 0.764. The Kier molecular flexibility index (Phi) is 8.59. The van der Waals surface area contributed by atoms with Crippen LogP contribution in [0.15, 0.2) is 182 Å². The van der Waals surface area contributed by atoms with Crippen LogP contribution in [0.5, 0.6) is 0 Å². The molecule has 7 aromatic rings. The van der Waals surface area contributed by atoms with Crippen molar-refractivity contribution < 1.29 is 0 Å². The minimum Gasteiger partial charge on any atom is -0.332 e. The fourth-order valence-electron chi connectivity index (χ4n) is 5.70. The highest BCUT2D eigenvalue weighted by Crippen LogP contribution is 2.35. The lowest BCUT2D eigenvalue weighted by Gasteiger charge is -2.25. The molecule has 0 amide bonds. The molecule has 1 heterocycles. The standard InChI is InChI=1S/C42H34N4/c1-5-13-33(14-6-1)31-45(32-34-15-7-2-8-16-34)42-43-30-29-41(44-42)37-23-21-35(22-24-37)36-25-27-40(28-26-36)46(38-17-9-3-10-18-38)39-19-11-4-12-20-39/h1-30H,31-32H2. The molecule has 0 spiro atoms. The van der Waals surface area contributed by atoms with Gasteiger partial charge in [-0.3, -0.25) is 0 Å². The van der Waals surface area contributed by atoms with Gasteiger partial charge in [0.2, 0.25) is 5.95 Å². The summed E-state index contributed by atoms with van der Waals surface area (Å²) < 4.78 is 0. The van der Waals surface area contributed by atoms with E-state index < -0.39 is 0 Å². The molecule has 4 nitrogen and oxygen atoms in total. The first kappa shape index (κ1) is 28.8. The predicted molar refractivity (Wildman–Crippen MR) is 190 cm³/mol. The van der Waals surface area contributed by atoms with Crippen molar-refractivity contribution in [3.05, 3.63) is 193 Å². The van der Waals surface area contributed by atoms with Gasteiger partial charge in [-0.1, -0.05) is 133 Å². The van der Waals surface area contributed by atoms with Gasteiger partial charge in [0.05, 0.1) is 5.69 Å². The van der Waals surface area contributed by atoms with Crippen molar-refractivity contribution in [3.8, 4) is 22.4 Å². The molecule has 0 aliphatic heterocycles. The Hall–Kier alpha value is -6.00. The summed E-state index contributed by atoms with van der Waals surface area (Å²) >= 11 is 0. The van der Waals surface area contributed by atoms with Gasteiger partial charge in [0.25, 0.3) is 0 Å². The Balaban J connectivity index is 1.13. The summed E-state index contributed by atoms with van der Waals surface area (Å²) in [5.74, 6) is 0.714. The van der Waals surface area contributed by atoms with Crippen LogP contribution in [0.3, 0.4) is 0 Å². The topological polar surface area (TPSA) is 32.3 Å². The fraction of sp³-hybridized carbons (Fsp3) is 0.0476.